The molecule has 104 valence electrons. The second kappa shape index (κ2) is 4.78. The van der Waals surface area contributed by atoms with E-state index in [0.29, 0.717) is 5.56 Å². The van der Waals surface area contributed by atoms with Crippen LogP contribution in [0.3, 0.4) is 0 Å². The van der Waals surface area contributed by atoms with Crippen molar-refractivity contribution in [2.45, 2.75) is 45.5 Å². The number of H-pyrrole nitrogens is 1. The maximum absolute atomic E-state index is 11.9. The van der Waals surface area contributed by atoms with Crippen LogP contribution in [0.1, 0.15) is 33.3 Å². The van der Waals surface area contributed by atoms with Crippen LogP contribution in [0.4, 0.5) is 0 Å². The molecule has 6 heteroatoms. The van der Waals surface area contributed by atoms with Crippen molar-refractivity contribution >= 4 is 12.6 Å². The molecule has 1 aromatic heterocycles. The van der Waals surface area contributed by atoms with Gasteiger partial charge in [-0.05, 0) is 39.2 Å². The average Bonchev–Trinajstić information content (AvgIpc) is 2.51. The maximum atomic E-state index is 11.9. The topological polar surface area (TPSA) is 60.6 Å². The lowest BCUT2D eigenvalue weighted by Crippen LogP contribution is -2.41. The Morgan fingerprint density at radius 1 is 1.26 bits per heavy atom. The molecule has 0 atom stereocenters. The zero-order valence-electron chi connectivity index (χ0n) is 12.1. The summed E-state index contributed by atoms with van der Waals surface area (Å²) in [6.07, 6.45) is 1.60. The third kappa shape index (κ3) is 2.48. The number of aromatic nitrogens is 1. The second-order valence-corrected chi connectivity index (χ2v) is 5.76. The number of ether oxygens (including phenoxy) is 1. The molecule has 0 aromatic carbocycles. The molecular formula is C13H20BNO4. The first-order chi connectivity index (χ1) is 8.78. The minimum absolute atomic E-state index is 0.172. The third-order valence-corrected chi connectivity index (χ3v) is 3.90. The van der Waals surface area contributed by atoms with E-state index in [9.17, 15) is 4.79 Å². The highest BCUT2D eigenvalue weighted by atomic mass is 16.7. The van der Waals surface area contributed by atoms with E-state index in [0.717, 1.165) is 5.46 Å². The summed E-state index contributed by atoms with van der Waals surface area (Å²) in [5.74, 6) is 0. The first-order valence-electron chi connectivity index (χ1n) is 6.33. The molecule has 0 amide bonds. The number of hydrogen-bond acceptors (Lipinski definition) is 4. The lowest BCUT2D eigenvalue weighted by atomic mass is 9.77. The molecule has 1 aliphatic rings. The molecule has 0 unspecified atom stereocenters. The summed E-state index contributed by atoms with van der Waals surface area (Å²) in [7, 11) is 1.01. The zero-order chi connectivity index (χ0) is 14.3. The Morgan fingerprint density at radius 2 is 1.84 bits per heavy atom. The predicted octanol–water partition coefficient (Wildman–Crippen LogP) is 0.820. The van der Waals surface area contributed by atoms with Crippen LogP contribution in [-0.4, -0.2) is 30.4 Å². The number of pyridine rings is 1. The van der Waals surface area contributed by atoms with Gasteiger partial charge in [0.2, 0.25) is 0 Å². The first kappa shape index (κ1) is 14.3. The summed E-state index contributed by atoms with van der Waals surface area (Å²) < 4.78 is 17.0. The molecule has 2 heterocycles. The molecule has 2 rings (SSSR count). The van der Waals surface area contributed by atoms with Crippen molar-refractivity contribution < 1.29 is 14.0 Å². The van der Waals surface area contributed by atoms with Gasteiger partial charge in [0, 0.05) is 18.9 Å². The lowest BCUT2D eigenvalue weighted by molar-refractivity contribution is 0.00578. The van der Waals surface area contributed by atoms with Crippen molar-refractivity contribution in [2.24, 2.45) is 0 Å². The van der Waals surface area contributed by atoms with E-state index >= 15 is 0 Å². The van der Waals surface area contributed by atoms with E-state index in [2.05, 4.69) is 4.98 Å². The van der Waals surface area contributed by atoms with Gasteiger partial charge in [0.1, 0.15) is 0 Å². The van der Waals surface area contributed by atoms with Gasteiger partial charge in [0.05, 0.1) is 17.8 Å². The van der Waals surface area contributed by atoms with Crippen molar-refractivity contribution in [3.8, 4) is 0 Å². The molecule has 0 radical (unpaired) electrons. The highest BCUT2D eigenvalue weighted by molar-refractivity contribution is 6.62. The van der Waals surface area contributed by atoms with Crippen molar-refractivity contribution in [1.29, 1.82) is 0 Å². The molecule has 0 saturated carbocycles. The minimum atomic E-state index is -0.544. The van der Waals surface area contributed by atoms with E-state index < -0.39 is 18.3 Å². The van der Waals surface area contributed by atoms with Crippen molar-refractivity contribution in [3.05, 3.63) is 28.2 Å². The van der Waals surface area contributed by atoms with Gasteiger partial charge >= 0.3 is 7.12 Å². The van der Waals surface area contributed by atoms with Crippen LogP contribution in [0.5, 0.6) is 0 Å². The quantitative estimate of drug-likeness (QED) is 0.822. The zero-order valence-corrected chi connectivity index (χ0v) is 12.1. The number of methoxy groups -OCH3 is 1. The highest BCUT2D eigenvalue weighted by Gasteiger charge is 2.52. The Bertz CT molecular complexity index is 508. The van der Waals surface area contributed by atoms with Gasteiger partial charge in [-0.15, -0.1) is 0 Å². The summed E-state index contributed by atoms with van der Waals surface area (Å²) in [6.45, 7) is 8.16. The van der Waals surface area contributed by atoms with Crippen LogP contribution in [0, 0.1) is 0 Å². The van der Waals surface area contributed by atoms with Gasteiger partial charge in [-0.25, -0.2) is 0 Å². The molecule has 5 nitrogen and oxygen atoms in total. The smallest absolute Gasteiger partial charge is 0.399 e. The number of hydrogen-bond donors (Lipinski definition) is 1. The second-order valence-electron chi connectivity index (χ2n) is 5.76. The van der Waals surface area contributed by atoms with E-state index in [4.69, 9.17) is 14.0 Å². The molecule has 1 fully saturated rings. The summed E-state index contributed by atoms with van der Waals surface area (Å²) in [5, 5.41) is 0. The lowest BCUT2D eigenvalue weighted by Gasteiger charge is -2.32. The van der Waals surface area contributed by atoms with Crippen LogP contribution < -0.4 is 11.0 Å². The van der Waals surface area contributed by atoms with Crippen LogP contribution in [0.25, 0.3) is 0 Å². The van der Waals surface area contributed by atoms with Crippen LogP contribution in [0.15, 0.2) is 17.1 Å². The van der Waals surface area contributed by atoms with E-state index in [1.807, 2.05) is 27.7 Å². The largest absolute Gasteiger partial charge is 0.495 e. The molecule has 1 saturated heterocycles. The van der Waals surface area contributed by atoms with Crippen LogP contribution in [-0.2, 0) is 20.7 Å². The summed E-state index contributed by atoms with van der Waals surface area (Å²) >= 11 is 0. The van der Waals surface area contributed by atoms with E-state index in [1.165, 1.54) is 0 Å². The average molecular weight is 265 g/mol. The predicted molar refractivity (Wildman–Crippen MR) is 73.5 cm³/mol. The fourth-order valence-corrected chi connectivity index (χ4v) is 2.01. The van der Waals surface area contributed by atoms with Gasteiger partial charge in [0.25, 0.3) is 5.56 Å². The fourth-order valence-electron chi connectivity index (χ4n) is 2.01. The molecule has 0 aliphatic carbocycles. The summed E-state index contributed by atoms with van der Waals surface area (Å²) in [5.41, 5.74) is 0.247. The molecule has 19 heavy (non-hydrogen) atoms. The van der Waals surface area contributed by atoms with Gasteiger partial charge in [-0.3, -0.25) is 4.79 Å². The van der Waals surface area contributed by atoms with E-state index in [-0.39, 0.29) is 12.2 Å². The molecule has 0 spiro atoms. The Labute approximate surface area is 113 Å². The Hall–Kier alpha value is -1.11. The van der Waals surface area contributed by atoms with Crippen LogP contribution in [0.2, 0.25) is 0 Å². The fraction of sp³-hybridized carbons (Fsp3) is 0.615. The number of nitrogens with one attached hydrogen (secondary N) is 1. The Balaban J connectivity index is 2.40. The molecule has 0 bridgehead atoms. The van der Waals surface area contributed by atoms with Gasteiger partial charge in [-0.2, -0.15) is 0 Å². The summed E-state index contributed by atoms with van der Waals surface area (Å²) in [4.78, 5) is 14.5. The van der Waals surface area contributed by atoms with Crippen molar-refractivity contribution in [2.75, 3.05) is 7.11 Å². The van der Waals surface area contributed by atoms with Gasteiger partial charge in [0.15, 0.2) is 0 Å². The molecule has 1 N–H and O–H groups in total. The summed E-state index contributed by atoms with van der Waals surface area (Å²) in [6, 6.07) is 1.80. The Morgan fingerprint density at radius 3 is 2.37 bits per heavy atom. The monoisotopic (exact) mass is 265 g/mol. The number of rotatable bonds is 3. The highest BCUT2D eigenvalue weighted by Crippen LogP contribution is 2.36. The van der Waals surface area contributed by atoms with E-state index in [1.54, 1.807) is 19.4 Å². The van der Waals surface area contributed by atoms with Gasteiger partial charge in [-0.1, -0.05) is 0 Å². The minimum Gasteiger partial charge on any atom is -0.399 e. The first-order valence-corrected chi connectivity index (χ1v) is 6.33. The standard InChI is InChI=1S/C13H20BNO4/c1-12(2)13(3,4)19-14(18-12)10-6-7-15-11(16)9(10)8-17-5/h6-7H,8H2,1-5H3,(H,15,16). The number of aromatic amines is 1. The SMILES string of the molecule is COCc1c(B2OC(C)(C)C(C)(C)O2)cc[nH]c1=O. The Kier molecular flexibility index (Phi) is 3.60. The van der Waals surface area contributed by atoms with Crippen molar-refractivity contribution in [1.82, 2.24) is 4.98 Å². The normalized spacial score (nSPS) is 20.8. The van der Waals surface area contributed by atoms with Gasteiger partial charge < -0.3 is 19.0 Å². The molecular weight excluding hydrogens is 245 g/mol. The molecule has 1 aliphatic heterocycles. The third-order valence-electron chi connectivity index (χ3n) is 3.90. The maximum Gasteiger partial charge on any atom is 0.495 e. The molecule has 1 aromatic rings. The van der Waals surface area contributed by atoms with Crippen LogP contribution >= 0.6 is 0 Å². The van der Waals surface area contributed by atoms with Crippen molar-refractivity contribution in [3.63, 3.8) is 0 Å².